The van der Waals surface area contributed by atoms with Gasteiger partial charge in [-0.25, -0.2) is 0 Å². The lowest BCUT2D eigenvalue weighted by Gasteiger charge is -2.02. The maximum Gasteiger partial charge on any atom is 0.0797 e. The zero-order valence-corrected chi connectivity index (χ0v) is 12.0. The molecule has 1 unspecified atom stereocenters. The van der Waals surface area contributed by atoms with E-state index in [9.17, 15) is 4.39 Å². The lowest BCUT2D eigenvalue weighted by atomic mass is 10.1. The van der Waals surface area contributed by atoms with Crippen LogP contribution < -0.4 is 0 Å². The van der Waals surface area contributed by atoms with E-state index in [1.807, 2.05) is 0 Å². The lowest BCUT2D eigenvalue weighted by molar-refractivity contribution is 0.402. The minimum absolute atomic E-state index is 0.459. The van der Waals surface area contributed by atoms with Gasteiger partial charge in [-0.2, -0.15) is 0 Å². The van der Waals surface area contributed by atoms with Crippen molar-refractivity contribution in [2.45, 2.75) is 76.9 Å². The topological polar surface area (TPSA) is 0 Å². The fourth-order valence-corrected chi connectivity index (χ4v) is 2.14. The van der Waals surface area contributed by atoms with Gasteiger partial charge in [-0.05, 0) is 6.42 Å². The molecule has 0 saturated carbocycles. The van der Waals surface area contributed by atoms with Gasteiger partial charge in [-0.1, -0.05) is 64.7 Å². The summed E-state index contributed by atoms with van der Waals surface area (Å²) >= 11 is 0. The van der Waals surface area contributed by atoms with E-state index in [2.05, 4.69) is 6.92 Å². The molecule has 0 bridgehead atoms. The van der Waals surface area contributed by atoms with Crippen molar-refractivity contribution in [3.05, 3.63) is 0 Å². The van der Waals surface area contributed by atoms with Crippen LogP contribution in [0.4, 0.5) is 4.39 Å². The highest BCUT2D eigenvalue weighted by atomic mass is 28.1. The van der Waals surface area contributed by atoms with E-state index in [0.29, 0.717) is 0 Å². The van der Waals surface area contributed by atoms with Crippen LogP contribution in [0.25, 0.3) is 0 Å². The summed E-state index contributed by atoms with van der Waals surface area (Å²) in [5.41, 5.74) is 0. The van der Waals surface area contributed by atoms with Crippen molar-refractivity contribution >= 4 is 10.2 Å². The molecule has 0 saturated heterocycles. The van der Waals surface area contributed by atoms with E-state index in [1.54, 1.807) is 0 Å². The molecule has 0 aromatic heterocycles. The zero-order valence-electron chi connectivity index (χ0n) is 10.0. The van der Waals surface area contributed by atoms with Gasteiger partial charge in [0.2, 0.25) is 0 Å². The van der Waals surface area contributed by atoms with Crippen molar-refractivity contribution in [3.63, 3.8) is 0 Å². The van der Waals surface area contributed by atoms with Gasteiger partial charge in [0.15, 0.2) is 0 Å². The van der Waals surface area contributed by atoms with Gasteiger partial charge in [-0.15, -0.1) is 0 Å². The summed E-state index contributed by atoms with van der Waals surface area (Å²) in [4.78, 5) is 0. The number of alkyl halides is 1. The molecule has 0 fully saturated rings. The van der Waals surface area contributed by atoms with Crippen LogP contribution >= 0.6 is 0 Å². The predicted octanol–water partition coefficient (Wildman–Crippen LogP) is 3.57. The quantitative estimate of drug-likeness (QED) is 0.388. The van der Waals surface area contributed by atoms with Gasteiger partial charge in [-0.3, -0.25) is 4.39 Å². The first kappa shape index (κ1) is 14.1. The number of halogens is 1. The lowest BCUT2D eigenvalue weighted by Crippen LogP contribution is -1.97. The summed E-state index contributed by atoms with van der Waals surface area (Å²) < 4.78 is 12.5. The van der Waals surface area contributed by atoms with Crippen molar-refractivity contribution in [2.75, 3.05) is 0 Å². The van der Waals surface area contributed by atoms with E-state index in [1.165, 1.54) is 51.4 Å². The Morgan fingerprint density at radius 1 is 0.857 bits per heavy atom. The molecule has 0 N–H and O–H groups in total. The average Bonchev–Trinajstić information content (AvgIpc) is 2.15. The first-order valence-corrected chi connectivity index (χ1v) is 7.57. The molecule has 0 aliphatic rings. The molecule has 86 valence electrons. The summed E-state index contributed by atoms with van der Waals surface area (Å²) in [6.45, 7) is 2.25. The number of hydrogen-bond acceptors (Lipinski definition) is 0. The van der Waals surface area contributed by atoms with Gasteiger partial charge in [0, 0.05) is 10.2 Å². The van der Waals surface area contributed by atoms with Crippen molar-refractivity contribution < 1.29 is 4.39 Å². The largest absolute Gasteiger partial charge is 0.253 e. The molecule has 0 nitrogen and oxygen atoms in total. The second-order valence-corrected chi connectivity index (χ2v) is 5.65. The third-order valence-electron chi connectivity index (χ3n) is 2.71. The Morgan fingerprint density at radius 2 is 1.29 bits per heavy atom. The summed E-state index contributed by atoms with van der Waals surface area (Å²) in [5, 5.41) is 0. The molecular weight excluding hydrogens is 191 g/mol. The molecule has 0 heterocycles. The Morgan fingerprint density at radius 3 is 1.71 bits per heavy atom. The van der Waals surface area contributed by atoms with Crippen molar-refractivity contribution in [3.8, 4) is 0 Å². The number of rotatable bonds is 10. The highest BCUT2D eigenvalue weighted by Crippen LogP contribution is 2.11. The third-order valence-corrected chi connectivity index (χ3v) is 3.28. The second-order valence-electron chi connectivity index (χ2n) is 4.40. The fraction of sp³-hybridized carbons (Fsp3) is 1.00. The minimum Gasteiger partial charge on any atom is -0.253 e. The SMILES string of the molecule is CCCCCCCCCCCC(F)[SiH3]. The monoisotopic (exact) mass is 218 g/mol. The normalized spacial score (nSPS) is 13.3. The number of unbranched alkanes of at least 4 members (excludes halogenated alkanes) is 8. The van der Waals surface area contributed by atoms with Crippen molar-refractivity contribution in [1.82, 2.24) is 0 Å². The zero-order chi connectivity index (χ0) is 10.6. The standard InChI is InChI=1S/C12H27FSi/c1-2-3-4-5-6-7-8-9-10-11-12(13)14/h12H,2-11H2,1,14H3. The van der Waals surface area contributed by atoms with Gasteiger partial charge in [0.1, 0.15) is 0 Å². The number of hydrogen-bond donors (Lipinski definition) is 0. The van der Waals surface area contributed by atoms with Gasteiger partial charge < -0.3 is 0 Å². The summed E-state index contributed by atoms with van der Waals surface area (Å²) in [6.07, 6.45) is 12.8. The molecule has 0 aromatic rings. The molecule has 0 radical (unpaired) electrons. The molecule has 2 heteroatoms. The molecule has 1 atom stereocenters. The van der Waals surface area contributed by atoms with Crippen molar-refractivity contribution in [1.29, 1.82) is 0 Å². The molecule has 0 amide bonds. The average molecular weight is 218 g/mol. The minimum atomic E-state index is -0.459. The van der Waals surface area contributed by atoms with E-state index in [0.717, 1.165) is 23.1 Å². The van der Waals surface area contributed by atoms with E-state index in [-0.39, 0.29) is 0 Å². The van der Waals surface area contributed by atoms with Gasteiger partial charge >= 0.3 is 0 Å². The Kier molecular flexibility index (Phi) is 11.3. The van der Waals surface area contributed by atoms with Crippen LogP contribution in [0.15, 0.2) is 0 Å². The van der Waals surface area contributed by atoms with E-state index < -0.39 is 5.79 Å². The van der Waals surface area contributed by atoms with Crippen LogP contribution in [0.1, 0.15) is 71.1 Å². The smallest absolute Gasteiger partial charge is 0.0797 e. The Balaban J connectivity index is 2.85. The maximum atomic E-state index is 12.5. The summed E-state index contributed by atoms with van der Waals surface area (Å²) in [6, 6.07) is 0. The molecule has 0 aromatic carbocycles. The molecule has 0 aliphatic heterocycles. The van der Waals surface area contributed by atoms with Gasteiger partial charge in [0.25, 0.3) is 0 Å². The predicted molar refractivity (Wildman–Crippen MR) is 66.7 cm³/mol. The van der Waals surface area contributed by atoms with Gasteiger partial charge in [0.05, 0.1) is 5.79 Å². The van der Waals surface area contributed by atoms with Crippen LogP contribution in [0.2, 0.25) is 0 Å². The Labute approximate surface area is 92.1 Å². The van der Waals surface area contributed by atoms with Crippen LogP contribution in [0, 0.1) is 0 Å². The fourth-order valence-electron chi connectivity index (χ4n) is 1.74. The summed E-state index contributed by atoms with van der Waals surface area (Å²) in [5.74, 6) is -0.459. The van der Waals surface area contributed by atoms with Crippen LogP contribution in [-0.4, -0.2) is 16.0 Å². The molecular formula is C12H27FSi. The van der Waals surface area contributed by atoms with Crippen molar-refractivity contribution in [2.24, 2.45) is 0 Å². The van der Waals surface area contributed by atoms with E-state index in [4.69, 9.17) is 0 Å². The Bertz CT molecular complexity index is 104. The van der Waals surface area contributed by atoms with Crippen LogP contribution in [0.3, 0.4) is 0 Å². The van der Waals surface area contributed by atoms with E-state index >= 15 is 0 Å². The molecule has 0 aliphatic carbocycles. The van der Waals surface area contributed by atoms with Crippen LogP contribution in [-0.2, 0) is 0 Å². The summed E-state index contributed by atoms with van der Waals surface area (Å²) in [7, 11) is 0.723. The van der Waals surface area contributed by atoms with Crippen LogP contribution in [0.5, 0.6) is 0 Å². The Hall–Kier alpha value is 0.147. The molecule has 14 heavy (non-hydrogen) atoms. The third kappa shape index (κ3) is 12.1. The second kappa shape index (κ2) is 11.2. The maximum absolute atomic E-state index is 12.5. The first-order valence-electron chi connectivity index (χ1n) is 6.41. The molecule has 0 spiro atoms. The highest BCUT2D eigenvalue weighted by Gasteiger charge is 1.97. The molecule has 0 rings (SSSR count). The first-order chi connectivity index (χ1) is 6.77. The highest BCUT2D eigenvalue weighted by molar-refractivity contribution is 6.10.